The fourth-order valence-electron chi connectivity index (χ4n) is 2.58. The van der Waals surface area contributed by atoms with E-state index in [9.17, 15) is 4.79 Å². The first-order chi connectivity index (χ1) is 12.0. The lowest BCUT2D eigenvalue weighted by molar-refractivity contribution is -0.127. The molecule has 0 unspecified atom stereocenters. The minimum atomic E-state index is -0.453. The van der Waals surface area contributed by atoms with E-state index in [4.69, 9.17) is 4.74 Å². The first-order valence-corrected chi connectivity index (χ1v) is 9.68. The Morgan fingerprint density at radius 1 is 1.04 bits per heavy atom. The maximum atomic E-state index is 12.4. The number of benzene rings is 2. The van der Waals surface area contributed by atoms with Gasteiger partial charge in [0.15, 0.2) is 6.10 Å². The molecule has 0 heterocycles. The van der Waals surface area contributed by atoms with Crippen LogP contribution in [0.5, 0.6) is 5.75 Å². The molecule has 0 aliphatic rings. The van der Waals surface area contributed by atoms with Gasteiger partial charge in [-0.3, -0.25) is 4.79 Å². The Hall–Kier alpha value is -1.94. The largest absolute Gasteiger partial charge is 0.481 e. The maximum absolute atomic E-state index is 12.4. The molecule has 0 aliphatic heterocycles. The van der Waals surface area contributed by atoms with Crippen molar-refractivity contribution in [2.45, 2.75) is 45.1 Å². The number of amides is 1. The molecule has 3 nitrogen and oxygen atoms in total. The van der Waals surface area contributed by atoms with Gasteiger partial charge in [-0.25, -0.2) is 0 Å². The van der Waals surface area contributed by atoms with E-state index in [2.05, 4.69) is 42.6 Å². The summed E-state index contributed by atoms with van der Waals surface area (Å²) in [6.07, 6.45) is 0.190. The number of rotatable bonds is 8. The minimum Gasteiger partial charge on any atom is -0.481 e. The van der Waals surface area contributed by atoms with E-state index in [1.807, 2.05) is 32.9 Å². The molecular formula is C21H27NO2S. The van der Waals surface area contributed by atoms with E-state index in [1.54, 1.807) is 11.8 Å². The molecule has 0 spiro atoms. The summed E-state index contributed by atoms with van der Waals surface area (Å²) in [5, 5.41) is 2.98. The average molecular weight is 358 g/mol. The van der Waals surface area contributed by atoms with Gasteiger partial charge in [0.2, 0.25) is 0 Å². The number of thioether (sulfide) groups is 1. The predicted molar refractivity (Wildman–Crippen MR) is 106 cm³/mol. The third kappa shape index (κ3) is 6.46. The van der Waals surface area contributed by atoms with E-state index in [0.717, 1.165) is 22.6 Å². The number of ether oxygens (including phenoxy) is 1. The fraction of sp³-hybridized carbons (Fsp3) is 0.381. The third-order valence-corrected chi connectivity index (χ3v) is 4.84. The van der Waals surface area contributed by atoms with Crippen LogP contribution >= 0.6 is 11.8 Å². The zero-order valence-electron chi connectivity index (χ0n) is 15.5. The molecule has 0 radical (unpaired) electrons. The van der Waals surface area contributed by atoms with Crippen molar-refractivity contribution in [1.82, 2.24) is 5.32 Å². The van der Waals surface area contributed by atoms with Gasteiger partial charge in [0.05, 0.1) is 0 Å². The number of nitrogens with one attached hydrogen (secondary N) is 1. The lowest BCUT2D eigenvalue weighted by atomic mass is 10.1. The van der Waals surface area contributed by atoms with Crippen LogP contribution in [0.15, 0.2) is 47.4 Å². The van der Waals surface area contributed by atoms with Crippen molar-refractivity contribution in [3.05, 3.63) is 59.2 Å². The summed E-state index contributed by atoms with van der Waals surface area (Å²) < 4.78 is 5.90. The number of carbonyl (C=O) groups is 1. The van der Waals surface area contributed by atoms with E-state index in [-0.39, 0.29) is 5.91 Å². The van der Waals surface area contributed by atoms with Gasteiger partial charge in [-0.2, -0.15) is 0 Å². The third-order valence-electron chi connectivity index (χ3n) is 3.83. The number of aryl methyl sites for hydroxylation is 3. The Bertz CT molecular complexity index is 677. The first-order valence-electron chi connectivity index (χ1n) is 8.70. The normalized spacial score (nSPS) is 11.8. The number of hydrogen-bond acceptors (Lipinski definition) is 3. The van der Waals surface area contributed by atoms with Crippen molar-refractivity contribution in [2.75, 3.05) is 12.3 Å². The van der Waals surface area contributed by atoms with Crippen LogP contribution in [-0.2, 0) is 4.79 Å². The van der Waals surface area contributed by atoms with Crippen molar-refractivity contribution in [3.63, 3.8) is 0 Å². The molecule has 0 aliphatic carbocycles. The highest BCUT2D eigenvalue weighted by Crippen LogP contribution is 2.19. The van der Waals surface area contributed by atoms with Gasteiger partial charge in [-0.05, 0) is 62.6 Å². The number of hydrogen-bond donors (Lipinski definition) is 1. The van der Waals surface area contributed by atoms with Crippen LogP contribution in [0.3, 0.4) is 0 Å². The zero-order valence-corrected chi connectivity index (χ0v) is 16.3. The van der Waals surface area contributed by atoms with Crippen LogP contribution in [-0.4, -0.2) is 24.3 Å². The SMILES string of the molecule is CC[C@@H](Oc1cc(C)cc(C)c1)C(=O)NCCSc1ccc(C)cc1. The molecule has 0 fully saturated rings. The lowest BCUT2D eigenvalue weighted by Crippen LogP contribution is -2.39. The van der Waals surface area contributed by atoms with Crippen molar-refractivity contribution >= 4 is 17.7 Å². The summed E-state index contributed by atoms with van der Waals surface area (Å²) in [6.45, 7) is 8.74. The number of carbonyl (C=O) groups excluding carboxylic acids is 1. The lowest BCUT2D eigenvalue weighted by Gasteiger charge is -2.18. The highest BCUT2D eigenvalue weighted by Gasteiger charge is 2.18. The van der Waals surface area contributed by atoms with Crippen molar-refractivity contribution in [1.29, 1.82) is 0 Å². The molecule has 2 rings (SSSR count). The van der Waals surface area contributed by atoms with Crippen molar-refractivity contribution in [2.24, 2.45) is 0 Å². The van der Waals surface area contributed by atoms with Gasteiger partial charge in [-0.1, -0.05) is 30.7 Å². The quantitative estimate of drug-likeness (QED) is 0.551. The van der Waals surface area contributed by atoms with E-state index < -0.39 is 6.10 Å². The molecule has 4 heteroatoms. The molecule has 1 amide bonds. The van der Waals surface area contributed by atoms with Gasteiger partial charge in [-0.15, -0.1) is 11.8 Å². The van der Waals surface area contributed by atoms with E-state index in [1.165, 1.54) is 10.5 Å². The Kier molecular flexibility index (Phi) is 7.38. The molecule has 0 aromatic heterocycles. The summed E-state index contributed by atoms with van der Waals surface area (Å²) in [5.41, 5.74) is 3.53. The fourth-order valence-corrected chi connectivity index (χ4v) is 3.35. The minimum absolute atomic E-state index is 0.0498. The van der Waals surface area contributed by atoms with Crippen LogP contribution in [0, 0.1) is 20.8 Å². The molecule has 2 aromatic carbocycles. The monoisotopic (exact) mass is 357 g/mol. The van der Waals surface area contributed by atoms with Gasteiger partial charge < -0.3 is 10.1 Å². The van der Waals surface area contributed by atoms with Crippen LogP contribution in [0.4, 0.5) is 0 Å². The van der Waals surface area contributed by atoms with Crippen LogP contribution in [0.1, 0.15) is 30.0 Å². The highest BCUT2D eigenvalue weighted by atomic mass is 32.2. The molecule has 0 saturated carbocycles. The predicted octanol–water partition coefficient (Wildman–Crippen LogP) is 4.68. The summed E-state index contributed by atoms with van der Waals surface area (Å²) in [5.74, 6) is 1.55. The van der Waals surface area contributed by atoms with Crippen LogP contribution < -0.4 is 10.1 Å². The first kappa shape index (κ1) is 19.4. The second-order valence-electron chi connectivity index (χ2n) is 6.29. The van der Waals surface area contributed by atoms with Gasteiger partial charge in [0, 0.05) is 17.2 Å². The van der Waals surface area contributed by atoms with Crippen LogP contribution in [0.25, 0.3) is 0 Å². The van der Waals surface area contributed by atoms with E-state index in [0.29, 0.717) is 13.0 Å². The summed E-state index contributed by atoms with van der Waals surface area (Å²) in [6, 6.07) is 14.5. The van der Waals surface area contributed by atoms with Gasteiger partial charge in [0.25, 0.3) is 5.91 Å². The van der Waals surface area contributed by atoms with Gasteiger partial charge >= 0.3 is 0 Å². The molecule has 0 saturated heterocycles. The molecule has 2 aromatic rings. The Morgan fingerprint density at radius 3 is 2.28 bits per heavy atom. The molecular weight excluding hydrogens is 330 g/mol. The average Bonchev–Trinajstić information content (AvgIpc) is 2.57. The van der Waals surface area contributed by atoms with Crippen molar-refractivity contribution in [3.8, 4) is 5.75 Å². The Balaban J connectivity index is 1.80. The molecule has 0 bridgehead atoms. The Morgan fingerprint density at radius 2 is 1.68 bits per heavy atom. The molecule has 1 N–H and O–H groups in total. The topological polar surface area (TPSA) is 38.3 Å². The Labute approximate surface area is 155 Å². The molecule has 1 atom stereocenters. The van der Waals surface area contributed by atoms with Crippen molar-refractivity contribution < 1.29 is 9.53 Å². The standard InChI is InChI=1S/C21H27NO2S/c1-5-20(24-18-13-16(3)12-17(4)14-18)21(23)22-10-11-25-19-8-6-15(2)7-9-19/h6-9,12-14,20H,5,10-11H2,1-4H3,(H,22,23)/t20-/m1/s1. The second kappa shape index (κ2) is 9.52. The summed E-state index contributed by atoms with van der Waals surface area (Å²) >= 11 is 1.74. The zero-order chi connectivity index (χ0) is 18.2. The summed E-state index contributed by atoms with van der Waals surface area (Å²) in [7, 11) is 0. The second-order valence-corrected chi connectivity index (χ2v) is 7.46. The maximum Gasteiger partial charge on any atom is 0.261 e. The van der Waals surface area contributed by atoms with Gasteiger partial charge in [0.1, 0.15) is 5.75 Å². The molecule has 25 heavy (non-hydrogen) atoms. The van der Waals surface area contributed by atoms with E-state index >= 15 is 0 Å². The summed E-state index contributed by atoms with van der Waals surface area (Å²) in [4.78, 5) is 13.6. The van der Waals surface area contributed by atoms with Crippen LogP contribution in [0.2, 0.25) is 0 Å². The molecule has 134 valence electrons. The highest BCUT2D eigenvalue weighted by molar-refractivity contribution is 7.99. The smallest absolute Gasteiger partial charge is 0.261 e.